The number of carbonyl (C=O) groups excluding carboxylic acids is 2. The number of hydrogen-bond donors (Lipinski definition) is 2. The van der Waals surface area contributed by atoms with Gasteiger partial charge in [-0.25, -0.2) is 9.48 Å². The van der Waals surface area contributed by atoms with Crippen LogP contribution in [0.2, 0.25) is 10.0 Å². The maximum absolute atomic E-state index is 13.7. The molecule has 0 atom stereocenters. The molecule has 4 aromatic rings. The van der Waals surface area contributed by atoms with Gasteiger partial charge in [0.05, 0.1) is 27.0 Å². The Morgan fingerprint density at radius 2 is 1.62 bits per heavy atom. The van der Waals surface area contributed by atoms with Crippen molar-refractivity contribution >= 4 is 46.4 Å². The summed E-state index contributed by atoms with van der Waals surface area (Å²) < 4.78 is 42.2. The van der Waals surface area contributed by atoms with Crippen molar-refractivity contribution in [3.63, 3.8) is 0 Å². The van der Waals surface area contributed by atoms with Crippen molar-refractivity contribution in [1.82, 2.24) is 14.8 Å². The predicted octanol–water partition coefficient (Wildman–Crippen LogP) is 7.94. The lowest BCUT2D eigenvalue weighted by atomic mass is 9.95. The van der Waals surface area contributed by atoms with Gasteiger partial charge in [-0.05, 0) is 54.8 Å². The molecule has 0 aliphatic heterocycles. The highest BCUT2D eigenvalue weighted by Gasteiger charge is 2.32. The molecule has 2 amide bonds. The summed E-state index contributed by atoms with van der Waals surface area (Å²) >= 11 is 12.1. The summed E-state index contributed by atoms with van der Waals surface area (Å²) in [6, 6.07) is 10.3. The van der Waals surface area contributed by atoms with E-state index in [1.165, 1.54) is 24.5 Å². The molecule has 13 heteroatoms. The number of rotatable bonds is 8. The second-order valence-electron chi connectivity index (χ2n) is 9.17. The van der Waals surface area contributed by atoms with Crippen LogP contribution in [0.25, 0.3) is 22.4 Å². The molecular weight excluding hydrogens is 594 g/mol. The number of ketones is 1. The van der Waals surface area contributed by atoms with Crippen molar-refractivity contribution in [2.24, 2.45) is 0 Å². The van der Waals surface area contributed by atoms with Gasteiger partial charge in [0.15, 0.2) is 5.78 Å². The molecule has 2 heterocycles. The van der Waals surface area contributed by atoms with Crippen molar-refractivity contribution in [3.8, 4) is 22.4 Å². The van der Waals surface area contributed by atoms with E-state index in [1.807, 2.05) is 0 Å². The van der Waals surface area contributed by atoms with Crippen LogP contribution in [-0.2, 0) is 12.7 Å². The van der Waals surface area contributed by atoms with Crippen LogP contribution in [-0.4, -0.2) is 26.6 Å². The number of nitrogens with zero attached hydrogens (tertiary/aromatic N) is 3. The van der Waals surface area contributed by atoms with Gasteiger partial charge >= 0.3 is 12.2 Å². The molecule has 0 radical (unpaired) electrons. The van der Waals surface area contributed by atoms with E-state index in [0.717, 1.165) is 16.8 Å². The quantitative estimate of drug-likeness (QED) is 0.195. The van der Waals surface area contributed by atoms with E-state index in [9.17, 15) is 27.6 Å². The fourth-order valence-corrected chi connectivity index (χ4v) is 4.59. The predicted molar refractivity (Wildman–Crippen MR) is 156 cm³/mol. The third kappa shape index (κ3) is 6.97. The maximum atomic E-state index is 13.7. The normalized spacial score (nSPS) is 11.3. The lowest BCUT2D eigenvalue weighted by Gasteiger charge is -2.14. The zero-order chi connectivity index (χ0) is 30.6. The molecule has 2 N–H and O–H groups in total. The molecule has 8 nitrogen and oxygen atoms in total. The van der Waals surface area contributed by atoms with Crippen LogP contribution in [0.3, 0.4) is 0 Å². The molecule has 4 rings (SSSR count). The number of aryl methyl sites for hydroxylation is 1. The Labute approximate surface area is 248 Å². The van der Waals surface area contributed by atoms with Gasteiger partial charge in [-0.2, -0.15) is 18.3 Å². The van der Waals surface area contributed by atoms with E-state index >= 15 is 0 Å². The van der Waals surface area contributed by atoms with Gasteiger partial charge in [-0.3, -0.25) is 14.6 Å². The number of amides is 2. The fourth-order valence-electron chi connectivity index (χ4n) is 4.13. The number of Topliss-reactive ketones (excluding diaryl/α,β-unsaturated/α-hetero) is 1. The molecule has 0 saturated carbocycles. The summed E-state index contributed by atoms with van der Waals surface area (Å²) in [7, 11) is 0. The minimum Gasteiger partial charge on any atom is -0.305 e. The molecule has 0 saturated heterocycles. The van der Waals surface area contributed by atoms with Crippen LogP contribution in [0.15, 0.2) is 65.7 Å². The first-order chi connectivity index (χ1) is 19.9. The standard InChI is InChI=1S/C29H24Cl2F3N5O3/c1-3-6-25(40)19-10-18(11-20(12-19)29(32,33)34)16-7-5-8-17(9-16)23-13-24(27(41)39(4-2)38-23)36-28(42)37-26-21(30)14-35-15-22(26)31/h5,7-15H,3-4,6H2,1-2H3,(H2,35,36,37,42). The number of hydrogen-bond acceptors (Lipinski definition) is 5. The van der Waals surface area contributed by atoms with Crippen LogP contribution in [0, 0.1) is 0 Å². The highest BCUT2D eigenvalue weighted by atomic mass is 35.5. The zero-order valence-corrected chi connectivity index (χ0v) is 23.9. The molecule has 42 heavy (non-hydrogen) atoms. The Morgan fingerprint density at radius 3 is 2.26 bits per heavy atom. The monoisotopic (exact) mass is 617 g/mol. The van der Waals surface area contributed by atoms with Crippen LogP contribution in [0.4, 0.5) is 29.3 Å². The van der Waals surface area contributed by atoms with Gasteiger partial charge in [-0.1, -0.05) is 48.3 Å². The summed E-state index contributed by atoms with van der Waals surface area (Å²) in [5.41, 5.74) is -0.255. The molecular formula is C29H24Cl2F3N5O3. The third-order valence-corrected chi connectivity index (χ3v) is 6.74. The lowest BCUT2D eigenvalue weighted by molar-refractivity contribution is -0.137. The van der Waals surface area contributed by atoms with Crippen molar-refractivity contribution in [1.29, 1.82) is 0 Å². The number of benzene rings is 2. The first kappa shape index (κ1) is 30.7. The summed E-state index contributed by atoms with van der Waals surface area (Å²) in [5.74, 6) is -0.388. The van der Waals surface area contributed by atoms with Gasteiger partial charge in [0.2, 0.25) is 0 Å². The molecule has 2 aromatic heterocycles. The Bertz CT molecular complexity index is 1700. The number of urea groups is 1. The molecule has 0 fully saturated rings. The highest BCUT2D eigenvalue weighted by Crippen LogP contribution is 2.35. The van der Waals surface area contributed by atoms with Crippen LogP contribution >= 0.6 is 23.2 Å². The Kier molecular flexibility index (Phi) is 9.33. The van der Waals surface area contributed by atoms with Crippen LogP contribution in [0.5, 0.6) is 0 Å². The number of carbonyl (C=O) groups is 2. The number of nitrogens with one attached hydrogen (secondary N) is 2. The summed E-state index contributed by atoms with van der Waals surface area (Å²) in [6.45, 7) is 3.63. The second-order valence-corrected chi connectivity index (χ2v) is 9.99. The van der Waals surface area contributed by atoms with E-state index in [0.29, 0.717) is 17.5 Å². The largest absolute Gasteiger partial charge is 0.416 e. The Morgan fingerprint density at radius 1 is 0.929 bits per heavy atom. The smallest absolute Gasteiger partial charge is 0.305 e. The zero-order valence-electron chi connectivity index (χ0n) is 22.4. The minimum absolute atomic E-state index is 0.0309. The van der Waals surface area contributed by atoms with Crippen molar-refractivity contribution in [2.45, 2.75) is 39.4 Å². The van der Waals surface area contributed by atoms with Gasteiger partial charge in [-0.15, -0.1) is 0 Å². The third-order valence-electron chi connectivity index (χ3n) is 6.17. The van der Waals surface area contributed by atoms with E-state index < -0.39 is 23.3 Å². The Hall–Kier alpha value is -4.22. The Balaban J connectivity index is 1.73. The summed E-state index contributed by atoms with van der Waals surface area (Å²) in [6.07, 6.45) is -1.46. The molecule has 0 aliphatic carbocycles. The minimum atomic E-state index is -4.65. The van der Waals surface area contributed by atoms with Crippen LogP contribution in [0.1, 0.15) is 42.6 Å². The number of anilines is 2. The molecule has 0 aliphatic rings. The average molecular weight is 618 g/mol. The van der Waals surface area contributed by atoms with Crippen molar-refractivity contribution in [2.75, 3.05) is 10.6 Å². The number of halogens is 5. The first-order valence-corrected chi connectivity index (χ1v) is 13.5. The SMILES string of the molecule is CCCC(=O)c1cc(-c2cccc(-c3cc(NC(=O)Nc4c(Cl)cncc4Cl)c(=O)n(CC)n3)c2)cc(C(F)(F)F)c1. The van der Waals surface area contributed by atoms with Crippen molar-refractivity contribution < 1.29 is 22.8 Å². The van der Waals surface area contributed by atoms with E-state index in [-0.39, 0.29) is 57.0 Å². The van der Waals surface area contributed by atoms with E-state index in [4.69, 9.17) is 23.2 Å². The van der Waals surface area contributed by atoms with Crippen LogP contribution < -0.4 is 16.2 Å². The highest BCUT2D eigenvalue weighted by molar-refractivity contribution is 6.39. The van der Waals surface area contributed by atoms with Gasteiger partial charge in [0, 0.05) is 36.5 Å². The maximum Gasteiger partial charge on any atom is 0.416 e. The molecule has 2 aromatic carbocycles. The molecule has 0 unspecified atom stereocenters. The molecule has 0 spiro atoms. The lowest BCUT2D eigenvalue weighted by Crippen LogP contribution is -2.29. The number of aromatic nitrogens is 3. The van der Waals surface area contributed by atoms with E-state index in [2.05, 4.69) is 20.7 Å². The van der Waals surface area contributed by atoms with Crippen molar-refractivity contribution in [3.05, 3.63) is 92.5 Å². The first-order valence-electron chi connectivity index (χ1n) is 12.8. The summed E-state index contributed by atoms with van der Waals surface area (Å²) in [4.78, 5) is 42.0. The van der Waals surface area contributed by atoms with E-state index in [1.54, 1.807) is 38.1 Å². The number of pyridine rings is 1. The fraction of sp³-hybridized carbons (Fsp3) is 0.207. The second kappa shape index (κ2) is 12.7. The van der Waals surface area contributed by atoms with Gasteiger partial charge < -0.3 is 10.6 Å². The van der Waals surface area contributed by atoms with Gasteiger partial charge in [0.25, 0.3) is 5.56 Å². The molecule has 218 valence electrons. The average Bonchev–Trinajstić information content (AvgIpc) is 2.95. The van der Waals surface area contributed by atoms with Gasteiger partial charge in [0.1, 0.15) is 5.69 Å². The number of alkyl halides is 3. The topological polar surface area (TPSA) is 106 Å². The molecule has 0 bridgehead atoms. The summed E-state index contributed by atoms with van der Waals surface area (Å²) in [5, 5.41) is 9.48.